The molecular formula is C22H27N7O3. The summed E-state index contributed by atoms with van der Waals surface area (Å²) in [7, 11) is 1.70. The Balaban J connectivity index is 1.47. The number of nitrogens with zero attached hydrogens (tertiary/aromatic N) is 5. The van der Waals surface area contributed by atoms with E-state index in [1.54, 1.807) is 57.1 Å². The van der Waals surface area contributed by atoms with Crippen molar-refractivity contribution in [3.63, 3.8) is 0 Å². The summed E-state index contributed by atoms with van der Waals surface area (Å²) < 4.78 is 6.78. The van der Waals surface area contributed by atoms with Gasteiger partial charge in [0.05, 0.1) is 6.07 Å². The third-order valence-corrected chi connectivity index (χ3v) is 5.65. The number of carbonyl (C=O) groups excluding carboxylic acids is 2. The molecule has 0 radical (unpaired) electrons. The standard InChI is InChI=1S/C22H27N7O3/c1-21(2,3)32-20(31)26-18-12-17(27-28(18)4)25-16-11-15(7-9-24-16)29-10-8-22(13-23,19(29)30)14-5-6-14/h7,9,11-12,14H,5-6,8,10H2,1-4H3,(H,26,31)(H,24,25,27)/t22-/m1/s1. The molecule has 0 unspecified atom stereocenters. The molecule has 2 aromatic rings. The van der Waals surface area contributed by atoms with E-state index in [9.17, 15) is 14.9 Å². The van der Waals surface area contributed by atoms with Crippen LogP contribution in [0.5, 0.6) is 0 Å². The Kier molecular flexibility index (Phi) is 5.28. The number of nitriles is 1. The number of hydrogen-bond acceptors (Lipinski definition) is 7. The summed E-state index contributed by atoms with van der Waals surface area (Å²) in [5.74, 6) is 1.48. The molecule has 32 heavy (non-hydrogen) atoms. The molecule has 3 heterocycles. The highest BCUT2D eigenvalue weighted by molar-refractivity contribution is 6.02. The van der Waals surface area contributed by atoms with Gasteiger partial charge in [0.1, 0.15) is 22.7 Å². The minimum Gasteiger partial charge on any atom is -0.444 e. The Morgan fingerprint density at radius 3 is 2.72 bits per heavy atom. The molecule has 10 nitrogen and oxygen atoms in total. The molecule has 1 atom stereocenters. The summed E-state index contributed by atoms with van der Waals surface area (Å²) in [4.78, 5) is 31.1. The van der Waals surface area contributed by atoms with Crippen molar-refractivity contribution in [2.45, 2.75) is 45.6 Å². The van der Waals surface area contributed by atoms with Crippen LogP contribution in [0, 0.1) is 22.7 Å². The summed E-state index contributed by atoms with van der Waals surface area (Å²) in [5, 5.41) is 19.8. The van der Waals surface area contributed by atoms with Gasteiger partial charge in [-0.1, -0.05) is 0 Å². The van der Waals surface area contributed by atoms with Gasteiger partial charge >= 0.3 is 6.09 Å². The lowest BCUT2D eigenvalue weighted by Gasteiger charge is -2.21. The van der Waals surface area contributed by atoms with Crippen molar-refractivity contribution in [1.82, 2.24) is 14.8 Å². The lowest BCUT2D eigenvalue weighted by atomic mass is 9.83. The third-order valence-electron chi connectivity index (χ3n) is 5.65. The van der Waals surface area contributed by atoms with Gasteiger partial charge in [-0.05, 0) is 52.0 Å². The second-order valence-corrected chi connectivity index (χ2v) is 9.25. The van der Waals surface area contributed by atoms with Crippen LogP contribution in [0.25, 0.3) is 0 Å². The molecule has 1 saturated carbocycles. The zero-order valence-corrected chi connectivity index (χ0v) is 18.7. The maximum absolute atomic E-state index is 13.1. The molecule has 0 bridgehead atoms. The van der Waals surface area contributed by atoms with Crippen molar-refractivity contribution in [3.8, 4) is 6.07 Å². The zero-order valence-electron chi connectivity index (χ0n) is 18.7. The maximum Gasteiger partial charge on any atom is 0.413 e. The molecule has 168 valence electrons. The van der Waals surface area contributed by atoms with Gasteiger partial charge in [0.25, 0.3) is 0 Å². The van der Waals surface area contributed by atoms with Gasteiger partial charge in [0.15, 0.2) is 5.82 Å². The Labute approximate surface area is 186 Å². The number of anilines is 4. The summed E-state index contributed by atoms with van der Waals surface area (Å²) in [6, 6.07) is 7.48. The highest BCUT2D eigenvalue weighted by atomic mass is 16.6. The molecular weight excluding hydrogens is 410 g/mol. The second-order valence-electron chi connectivity index (χ2n) is 9.25. The van der Waals surface area contributed by atoms with Gasteiger partial charge in [0, 0.05) is 37.6 Å². The minimum absolute atomic E-state index is 0.124. The topological polar surface area (TPSA) is 125 Å². The molecule has 2 aromatic heterocycles. The van der Waals surface area contributed by atoms with Crippen molar-refractivity contribution in [1.29, 1.82) is 5.26 Å². The van der Waals surface area contributed by atoms with Crippen molar-refractivity contribution in [3.05, 3.63) is 24.4 Å². The normalized spacial score (nSPS) is 20.7. The number of carbonyl (C=O) groups is 2. The van der Waals surface area contributed by atoms with Crippen molar-refractivity contribution >= 4 is 35.1 Å². The number of aromatic nitrogens is 3. The largest absolute Gasteiger partial charge is 0.444 e. The summed E-state index contributed by atoms with van der Waals surface area (Å²) in [6.07, 6.45) is 3.47. The number of amides is 2. The van der Waals surface area contributed by atoms with Gasteiger partial charge < -0.3 is 15.0 Å². The fourth-order valence-electron chi connectivity index (χ4n) is 3.97. The van der Waals surface area contributed by atoms with E-state index in [0.29, 0.717) is 36.1 Å². The number of nitrogens with one attached hydrogen (secondary N) is 2. The number of aryl methyl sites for hydroxylation is 1. The molecule has 4 rings (SSSR count). The van der Waals surface area contributed by atoms with E-state index in [1.807, 2.05) is 0 Å². The lowest BCUT2D eigenvalue weighted by Crippen LogP contribution is -2.35. The first kappa shape index (κ1) is 21.6. The van der Waals surface area contributed by atoms with Gasteiger partial charge in [-0.2, -0.15) is 10.4 Å². The summed E-state index contributed by atoms with van der Waals surface area (Å²) >= 11 is 0. The van der Waals surface area contributed by atoms with E-state index in [0.717, 1.165) is 12.8 Å². The predicted molar refractivity (Wildman–Crippen MR) is 118 cm³/mol. The van der Waals surface area contributed by atoms with Crippen LogP contribution in [0.4, 0.5) is 27.9 Å². The molecule has 0 aromatic carbocycles. The Bertz CT molecular complexity index is 1090. The molecule has 2 amide bonds. The first-order valence-corrected chi connectivity index (χ1v) is 10.6. The van der Waals surface area contributed by atoms with E-state index >= 15 is 0 Å². The van der Waals surface area contributed by atoms with Crippen LogP contribution in [0.3, 0.4) is 0 Å². The highest BCUT2D eigenvalue weighted by Crippen LogP contribution is 2.51. The predicted octanol–water partition coefficient (Wildman–Crippen LogP) is 3.56. The van der Waals surface area contributed by atoms with Crippen molar-refractivity contribution in [2.75, 3.05) is 22.1 Å². The van der Waals surface area contributed by atoms with Gasteiger partial charge in [-0.15, -0.1) is 0 Å². The monoisotopic (exact) mass is 437 g/mol. The van der Waals surface area contributed by atoms with Crippen LogP contribution in [0.1, 0.15) is 40.0 Å². The van der Waals surface area contributed by atoms with E-state index in [4.69, 9.17) is 4.74 Å². The van der Waals surface area contributed by atoms with Gasteiger partial charge in [-0.3, -0.25) is 14.8 Å². The number of hydrogen-bond donors (Lipinski definition) is 2. The lowest BCUT2D eigenvalue weighted by molar-refractivity contribution is -0.123. The molecule has 2 fully saturated rings. The SMILES string of the molecule is Cn1nc(Nc2cc(N3CC[C@@](C#N)(C4CC4)C3=O)ccn2)cc1NC(=O)OC(C)(C)C. The number of pyridine rings is 1. The molecule has 1 saturated heterocycles. The fourth-order valence-corrected chi connectivity index (χ4v) is 3.97. The third kappa shape index (κ3) is 4.23. The Hall–Kier alpha value is -3.61. The fraction of sp³-hybridized carbons (Fsp3) is 0.500. The molecule has 2 N–H and O–H groups in total. The van der Waals surface area contributed by atoms with E-state index < -0.39 is 17.1 Å². The zero-order chi connectivity index (χ0) is 23.1. The molecule has 2 aliphatic rings. The summed E-state index contributed by atoms with van der Waals surface area (Å²) in [5.41, 5.74) is -0.808. The Morgan fingerprint density at radius 2 is 2.06 bits per heavy atom. The van der Waals surface area contributed by atoms with E-state index in [-0.39, 0.29) is 11.8 Å². The Morgan fingerprint density at radius 1 is 1.31 bits per heavy atom. The number of ether oxygens (including phenoxy) is 1. The van der Waals surface area contributed by atoms with Crippen LogP contribution < -0.4 is 15.5 Å². The van der Waals surface area contributed by atoms with Gasteiger partial charge in [-0.25, -0.2) is 9.78 Å². The first-order valence-electron chi connectivity index (χ1n) is 10.6. The maximum atomic E-state index is 13.1. The van der Waals surface area contributed by atoms with Gasteiger partial charge in [0.2, 0.25) is 5.91 Å². The number of rotatable bonds is 5. The quantitative estimate of drug-likeness (QED) is 0.732. The van der Waals surface area contributed by atoms with Crippen LogP contribution in [0.15, 0.2) is 24.4 Å². The van der Waals surface area contributed by atoms with E-state index in [1.165, 1.54) is 4.68 Å². The van der Waals surface area contributed by atoms with Crippen molar-refractivity contribution < 1.29 is 14.3 Å². The minimum atomic E-state index is -0.889. The molecule has 1 aliphatic heterocycles. The first-order chi connectivity index (χ1) is 15.1. The molecule has 0 spiro atoms. The van der Waals surface area contributed by atoms with E-state index in [2.05, 4.69) is 26.8 Å². The van der Waals surface area contributed by atoms with Crippen LogP contribution >= 0.6 is 0 Å². The highest BCUT2D eigenvalue weighted by Gasteiger charge is 2.56. The second kappa shape index (κ2) is 7.82. The average Bonchev–Trinajstić information content (AvgIpc) is 3.43. The average molecular weight is 438 g/mol. The smallest absolute Gasteiger partial charge is 0.413 e. The molecule has 1 aliphatic carbocycles. The van der Waals surface area contributed by atoms with Crippen LogP contribution in [0.2, 0.25) is 0 Å². The van der Waals surface area contributed by atoms with Crippen LogP contribution in [-0.4, -0.2) is 38.9 Å². The summed E-state index contributed by atoms with van der Waals surface area (Å²) in [6.45, 7) is 5.88. The van der Waals surface area contributed by atoms with Crippen molar-refractivity contribution in [2.24, 2.45) is 18.4 Å². The molecule has 10 heteroatoms. The van der Waals surface area contributed by atoms with Crippen LogP contribution in [-0.2, 0) is 16.6 Å².